The third-order valence-electron chi connectivity index (χ3n) is 4.08. The van der Waals surface area contributed by atoms with Crippen LogP contribution in [-0.2, 0) is 0 Å². The summed E-state index contributed by atoms with van der Waals surface area (Å²) < 4.78 is 0. The highest BCUT2D eigenvalue weighted by atomic mass is 16.3. The summed E-state index contributed by atoms with van der Waals surface area (Å²) in [6.45, 7) is 9.25. The lowest BCUT2D eigenvalue weighted by Crippen LogP contribution is -2.38. The van der Waals surface area contributed by atoms with Crippen LogP contribution in [0.1, 0.15) is 53.4 Å². The van der Waals surface area contributed by atoms with E-state index in [4.69, 9.17) is 0 Å². The summed E-state index contributed by atoms with van der Waals surface area (Å²) in [7, 11) is 0. The van der Waals surface area contributed by atoms with E-state index in [-0.39, 0.29) is 6.10 Å². The van der Waals surface area contributed by atoms with Gasteiger partial charge in [0.05, 0.1) is 6.10 Å². The van der Waals surface area contributed by atoms with Crippen LogP contribution in [0.4, 0.5) is 0 Å². The number of hydrogen-bond donors (Lipinski definition) is 1. The average molecular weight is 184 g/mol. The number of aliphatic hydroxyl groups excluding tert-OH is 1. The van der Waals surface area contributed by atoms with Gasteiger partial charge in [-0.3, -0.25) is 0 Å². The number of rotatable bonds is 2. The Labute approximate surface area is 82.5 Å². The lowest BCUT2D eigenvalue weighted by molar-refractivity contribution is -0.00547. The Morgan fingerprint density at radius 2 is 2.08 bits per heavy atom. The summed E-state index contributed by atoms with van der Waals surface area (Å²) in [6.07, 6.45) is 4.44. The van der Waals surface area contributed by atoms with Crippen molar-refractivity contribution in [3.63, 3.8) is 0 Å². The molecule has 0 saturated heterocycles. The fourth-order valence-corrected chi connectivity index (χ4v) is 2.89. The van der Waals surface area contributed by atoms with Gasteiger partial charge in [-0.25, -0.2) is 0 Å². The molecule has 0 spiro atoms. The monoisotopic (exact) mass is 184 g/mol. The summed E-state index contributed by atoms with van der Waals surface area (Å²) >= 11 is 0. The van der Waals surface area contributed by atoms with Crippen molar-refractivity contribution >= 4 is 0 Å². The van der Waals surface area contributed by atoms with Gasteiger partial charge < -0.3 is 5.11 Å². The van der Waals surface area contributed by atoms with Crippen LogP contribution in [0.2, 0.25) is 0 Å². The van der Waals surface area contributed by atoms with Gasteiger partial charge in [-0.15, -0.1) is 0 Å². The van der Waals surface area contributed by atoms with Crippen LogP contribution in [0, 0.1) is 17.3 Å². The highest BCUT2D eigenvalue weighted by molar-refractivity contribution is 4.89. The van der Waals surface area contributed by atoms with Gasteiger partial charge in [-0.1, -0.05) is 34.1 Å². The molecule has 1 N–H and O–H groups in total. The molecule has 1 fully saturated rings. The van der Waals surface area contributed by atoms with Crippen LogP contribution in [0.15, 0.2) is 0 Å². The van der Waals surface area contributed by atoms with Gasteiger partial charge in [0.25, 0.3) is 0 Å². The SMILES string of the molecule is CCC1(C)CCC(O)CC1C(C)C. The summed E-state index contributed by atoms with van der Waals surface area (Å²) in [5.74, 6) is 1.42. The zero-order valence-corrected chi connectivity index (χ0v) is 9.51. The first-order valence-electron chi connectivity index (χ1n) is 5.67. The topological polar surface area (TPSA) is 20.2 Å². The molecule has 78 valence electrons. The van der Waals surface area contributed by atoms with Gasteiger partial charge in [0, 0.05) is 0 Å². The van der Waals surface area contributed by atoms with Crippen molar-refractivity contribution < 1.29 is 5.11 Å². The Kier molecular flexibility index (Phi) is 3.39. The van der Waals surface area contributed by atoms with Crippen LogP contribution in [0.5, 0.6) is 0 Å². The van der Waals surface area contributed by atoms with Crippen molar-refractivity contribution in [2.45, 2.75) is 59.5 Å². The van der Waals surface area contributed by atoms with E-state index in [0.717, 1.165) is 12.8 Å². The summed E-state index contributed by atoms with van der Waals surface area (Å²) in [5, 5.41) is 9.66. The number of hydrogen-bond acceptors (Lipinski definition) is 1. The second-order valence-electron chi connectivity index (χ2n) is 5.29. The van der Waals surface area contributed by atoms with E-state index in [1.165, 1.54) is 12.8 Å². The van der Waals surface area contributed by atoms with Crippen LogP contribution in [0.25, 0.3) is 0 Å². The lowest BCUT2D eigenvalue weighted by Gasteiger charge is -2.45. The molecule has 0 bridgehead atoms. The van der Waals surface area contributed by atoms with Crippen molar-refractivity contribution in [2.75, 3.05) is 0 Å². The highest BCUT2D eigenvalue weighted by Gasteiger charge is 2.39. The van der Waals surface area contributed by atoms with E-state index < -0.39 is 0 Å². The first kappa shape index (κ1) is 11.0. The maximum atomic E-state index is 9.66. The minimum absolute atomic E-state index is 0.0352. The molecule has 1 aliphatic rings. The third-order valence-corrected chi connectivity index (χ3v) is 4.08. The fraction of sp³-hybridized carbons (Fsp3) is 1.00. The Balaban J connectivity index is 2.72. The Bertz CT molecular complexity index is 165. The Hall–Kier alpha value is -0.0400. The maximum Gasteiger partial charge on any atom is 0.0543 e. The molecule has 0 aromatic rings. The molecule has 1 rings (SSSR count). The largest absolute Gasteiger partial charge is 0.393 e. The van der Waals surface area contributed by atoms with Crippen LogP contribution < -0.4 is 0 Å². The molecule has 0 aromatic carbocycles. The van der Waals surface area contributed by atoms with E-state index in [2.05, 4.69) is 27.7 Å². The molecule has 1 saturated carbocycles. The zero-order chi connectivity index (χ0) is 10.1. The molecule has 1 heteroatoms. The van der Waals surface area contributed by atoms with Gasteiger partial charge in [0.1, 0.15) is 0 Å². The van der Waals surface area contributed by atoms with Crippen molar-refractivity contribution in [2.24, 2.45) is 17.3 Å². The molecule has 0 amide bonds. The first-order valence-corrected chi connectivity index (χ1v) is 5.67. The summed E-state index contributed by atoms with van der Waals surface area (Å²) in [5.41, 5.74) is 0.480. The Morgan fingerprint density at radius 3 is 2.54 bits per heavy atom. The van der Waals surface area contributed by atoms with Crippen LogP contribution >= 0.6 is 0 Å². The fourth-order valence-electron chi connectivity index (χ4n) is 2.89. The normalized spacial score (nSPS) is 41.1. The lowest BCUT2D eigenvalue weighted by atomic mass is 9.61. The minimum atomic E-state index is -0.0352. The summed E-state index contributed by atoms with van der Waals surface area (Å²) in [6, 6.07) is 0. The van der Waals surface area contributed by atoms with Crippen molar-refractivity contribution in [1.82, 2.24) is 0 Å². The second-order valence-corrected chi connectivity index (χ2v) is 5.29. The van der Waals surface area contributed by atoms with E-state index in [9.17, 15) is 5.11 Å². The van der Waals surface area contributed by atoms with Crippen LogP contribution in [-0.4, -0.2) is 11.2 Å². The highest BCUT2D eigenvalue weighted by Crippen LogP contribution is 2.46. The second kappa shape index (κ2) is 4.00. The van der Waals surface area contributed by atoms with Crippen molar-refractivity contribution in [1.29, 1.82) is 0 Å². The molecule has 3 atom stereocenters. The van der Waals surface area contributed by atoms with Gasteiger partial charge >= 0.3 is 0 Å². The minimum Gasteiger partial charge on any atom is -0.393 e. The van der Waals surface area contributed by atoms with Gasteiger partial charge in [0.2, 0.25) is 0 Å². The first-order chi connectivity index (χ1) is 5.99. The van der Waals surface area contributed by atoms with Crippen LogP contribution in [0.3, 0.4) is 0 Å². The molecule has 0 heterocycles. The van der Waals surface area contributed by atoms with E-state index >= 15 is 0 Å². The molecule has 0 radical (unpaired) electrons. The van der Waals surface area contributed by atoms with Gasteiger partial charge in [-0.2, -0.15) is 0 Å². The Morgan fingerprint density at radius 1 is 1.46 bits per heavy atom. The molecular formula is C12H24O. The van der Waals surface area contributed by atoms with E-state index in [1.54, 1.807) is 0 Å². The van der Waals surface area contributed by atoms with Crippen molar-refractivity contribution in [3.8, 4) is 0 Å². The van der Waals surface area contributed by atoms with E-state index in [0.29, 0.717) is 17.3 Å². The standard InChI is InChI=1S/C12H24O/c1-5-12(4)7-6-10(13)8-11(12)9(2)3/h9-11,13H,5-8H2,1-4H3. The molecule has 0 aromatic heterocycles. The van der Waals surface area contributed by atoms with Gasteiger partial charge in [0.15, 0.2) is 0 Å². The molecule has 13 heavy (non-hydrogen) atoms. The maximum absolute atomic E-state index is 9.66. The molecule has 0 aliphatic heterocycles. The molecular weight excluding hydrogens is 160 g/mol. The van der Waals surface area contributed by atoms with Gasteiger partial charge in [-0.05, 0) is 36.5 Å². The van der Waals surface area contributed by atoms with Crippen molar-refractivity contribution in [3.05, 3.63) is 0 Å². The zero-order valence-electron chi connectivity index (χ0n) is 9.51. The molecule has 1 nitrogen and oxygen atoms in total. The number of aliphatic hydroxyl groups is 1. The van der Waals surface area contributed by atoms with E-state index in [1.807, 2.05) is 0 Å². The third kappa shape index (κ3) is 2.25. The molecule has 3 unspecified atom stereocenters. The quantitative estimate of drug-likeness (QED) is 0.698. The molecule has 1 aliphatic carbocycles. The predicted molar refractivity (Wildman–Crippen MR) is 56.6 cm³/mol. The predicted octanol–water partition coefficient (Wildman–Crippen LogP) is 3.22. The smallest absolute Gasteiger partial charge is 0.0543 e. The average Bonchev–Trinajstić information content (AvgIpc) is 2.09. The summed E-state index contributed by atoms with van der Waals surface area (Å²) in [4.78, 5) is 0.